The Kier molecular flexibility index (Phi) is 5.13. The number of carbonyl (C=O) groups excluding carboxylic acids is 1. The average Bonchev–Trinajstić information content (AvgIpc) is 2.95. The van der Waals surface area contributed by atoms with Crippen LogP contribution in [0.25, 0.3) is 11.0 Å². The number of carbonyl (C=O) groups is 1. The van der Waals surface area contributed by atoms with Gasteiger partial charge in [-0.05, 0) is 51.1 Å². The Morgan fingerprint density at radius 1 is 1.35 bits per heavy atom. The molecule has 0 spiro atoms. The molecule has 0 aliphatic rings. The fourth-order valence-electron chi connectivity index (χ4n) is 2.61. The standard InChI is InChI=1S/C18H19FN4O2S/c1-10(2)23-17(25)16-14(8-11(3)20-16)22-18(23)26-9-15(24)21-13-6-4-12(19)5-7-13/h4-8,10,20H,9H2,1-3H3,(H,21,24). The van der Waals surface area contributed by atoms with Crippen LogP contribution in [0.15, 0.2) is 40.3 Å². The van der Waals surface area contributed by atoms with E-state index in [0.717, 1.165) is 5.69 Å². The van der Waals surface area contributed by atoms with E-state index >= 15 is 0 Å². The molecule has 0 fully saturated rings. The van der Waals surface area contributed by atoms with E-state index in [4.69, 9.17) is 0 Å². The van der Waals surface area contributed by atoms with Crippen LogP contribution in [0.5, 0.6) is 0 Å². The lowest BCUT2D eigenvalue weighted by Crippen LogP contribution is -2.25. The molecule has 3 aromatic rings. The van der Waals surface area contributed by atoms with Crippen molar-refractivity contribution in [3.05, 3.63) is 52.2 Å². The van der Waals surface area contributed by atoms with E-state index in [1.54, 1.807) is 4.57 Å². The molecule has 26 heavy (non-hydrogen) atoms. The van der Waals surface area contributed by atoms with Crippen molar-refractivity contribution in [1.29, 1.82) is 0 Å². The number of amides is 1. The van der Waals surface area contributed by atoms with Gasteiger partial charge in [-0.3, -0.25) is 14.2 Å². The molecule has 8 heteroatoms. The Hall–Kier alpha value is -2.61. The van der Waals surface area contributed by atoms with Crippen molar-refractivity contribution in [1.82, 2.24) is 14.5 Å². The third-order valence-electron chi connectivity index (χ3n) is 3.76. The molecule has 0 atom stereocenters. The first-order valence-electron chi connectivity index (χ1n) is 8.15. The number of thioether (sulfide) groups is 1. The minimum Gasteiger partial charge on any atom is -0.353 e. The lowest BCUT2D eigenvalue weighted by atomic mass is 10.3. The third kappa shape index (κ3) is 3.80. The molecule has 0 saturated heterocycles. The van der Waals surface area contributed by atoms with Crippen molar-refractivity contribution in [2.45, 2.75) is 32.0 Å². The number of anilines is 1. The first kappa shape index (κ1) is 18.2. The van der Waals surface area contributed by atoms with Gasteiger partial charge >= 0.3 is 0 Å². The Morgan fingerprint density at radius 3 is 2.69 bits per heavy atom. The predicted molar refractivity (Wildman–Crippen MR) is 101 cm³/mol. The topological polar surface area (TPSA) is 79.8 Å². The maximum absolute atomic E-state index is 12.9. The highest BCUT2D eigenvalue weighted by Crippen LogP contribution is 2.21. The second kappa shape index (κ2) is 7.33. The SMILES string of the molecule is Cc1cc2nc(SCC(=O)Nc3ccc(F)cc3)n(C(C)C)c(=O)c2[nH]1. The van der Waals surface area contributed by atoms with E-state index < -0.39 is 0 Å². The highest BCUT2D eigenvalue weighted by Gasteiger charge is 2.16. The van der Waals surface area contributed by atoms with Crippen molar-refractivity contribution in [3.63, 3.8) is 0 Å². The molecule has 6 nitrogen and oxygen atoms in total. The van der Waals surface area contributed by atoms with Crippen molar-refractivity contribution in [2.24, 2.45) is 0 Å². The van der Waals surface area contributed by atoms with Gasteiger partial charge in [-0.1, -0.05) is 11.8 Å². The Morgan fingerprint density at radius 2 is 2.04 bits per heavy atom. The van der Waals surface area contributed by atoms with Gasteiger partial charge in [0, 0.05) is 17.4 Å². The van der Waals surface area contributed by atoms with Crippen molar-refractivity contribution >= 4 is 34.4 Å². The van der Waals surface area contributed by atoms with Gasteiger partial charge in [0.25, 0.3) is 5.56 Å². The molecule has 2 N–H and O–H groups in total. The van der Waals surface area contributed by atoms with Gasteiger partial charge in [0.15, 0.2) is 5.16 Å². The van der Waals surface area contributed by atoms with E-state index in [1.807, 2.05) is 26.8 Å². The zero-order chi connectivity index (χ0) is 18.8. The first-order chi connectivity index (χ1) is 12.3. The molecule has 0 bridgehead atoms. The summed E-state index contributed by atoms with van der Waals surface area (Å²) in [5.74, 6) is -0.528. The minimum absolute atomic E-state index is 0.0887. The largest absolute Gasteiger partial charge is 0.353 e. The fourth-order valence-corrected chi connectivity index (χ4v) is 3.54. The highest BCUT2D eigenvalue weighted by atomic mass is 32.2. The number of nitrogens with one attached hydrogen (secondary N) is 2. The molecule has 1 aromatic carbocycles. The van der Waals surface area contributed by atoms with Gasteiger partial charge in [-0.15, -0.1) is 0 Å². The van der Waals surface area contributed by atoms with Crippen molar-refractivity contribution < 1.29 is 9.18 Å². The number of aromatic nitrogens is 3. The summed E-state index contributed by atoms with van der Waals surface area (Å²) in [5.41, 5.74) is 2.28. The summed E-state index contributed by atoms with van der Waals surface area (Å²) in [7, 11) is 0. The van der Waals surface area contributed by atoms with Gasteiger partial charge < -0.3 is 10.3 Å². The van der Waals surface area contributed by atoms with Gasteiger partial charge in [-0.2, -0.15) is 0 Å². The normalized spacial score (nSPS) is 11.3. The summed E-state index contributed by atoms with van der Waals surface area (Å²) in [4.78, 5) is 32.4. The Bertz CT molecular complexity index is 1010. The number of halogens is 1. The van der Waals surface area contributed by atoms with E-state index in [1.165, 1.54) is 36.0 Å². The number of nitrogens with zero attached hydrogens (tertiary/aromatic N) is 2. The van der Waals surface area contributed by atoms with E-state index in [-0.39, 0.29) is 29.1 Å². The van der Waals surface area contributed by atoms with Crippen LogP contribution in [-0.2, 0) is 4.79 Å². The zero-order valence-electron chi connectivity index (χ0n) is 14.7. The quantitative estimate of drug-likeness (QED) is 0.529. The Labute approximate surface area is 153 Å². The monoisotopic (exact) mass is 374 g/mol. The van der Waals surface area contributed by atoms with Crippen LogP contribution in [0.3, 0.4) is 0 Å². The van der Waals surface area contributed by atoms with E-state index in [2.05, 4.69) is 15.3 Å². The van der Waals surface area contributed by atoms with Crippen LogP contribution < -0.4 is 10.9 Å². The lowest BCUT2D eigenvalue weighted by Gasteiger charge is -2.15. The smallest absolute Gasteiger partial charge is 0.278 e. The van der Waals surface area contributed by atoms with Crippen LogP contribution in [0, 0.1) is 12.7 Å². The summed E-state index contributed by atoms with van der Waals surface area (Å²) in [6.45, 7) is 5.66. The van der Waals surface area contributed by atoms with Gasteiger partial charge in [0.1, 0.15) is 11.3 Å². The van der Waals surface area contributed by atoms with Crippen LogP contribution >= 0.6 is 11.8 Å². The molecule has 0 unspecified atom stereocenters. The maximum Gasteiger partial charge on any atom is 0.278 e. The predicted octanol–water partition coefficient (Wildman–Crippen LogP) is 3.48. The van der Waals surface area contributed by atoms with Gasteiger partial charge in [-0.25, -0.2) is 9.37 Å². The second-order valence-electron chi connectivity index (χ2n) is 6.22. The lowest BCUT2D eigenvalue weighted by molar-refractivity contribution is -0.113. The minimum atomic E-state index is -0.363. The molecule has 0 aliphatic heterocycles. The maximum atomic E-state index is 12.9. The molecule has 0 saturated carbocycles. The molecule has 1 amide bonds. The molecular formula is C18H19FN4O2S. The zero-order valence-corrected chi connectivity index (χ0v) is 15.5. The van der Waals surface area contributed by atoms with Crippen LogP contribution in [0.2, 0.25) is 0 Å². The second-order valence-corrected chi connectivity index (χ2v) is 7.16. The number of aromatic amines is 1. The van der Waals surface area contributed by atoms with Gasteiger partial charge in [0.05, 0.1) is 11.3 Å². The Balaban J connectivity index is 1.81. The van der Waals surface area contributed by atoms with Crippen molar-refractivity contribution in [2.75, 3.05) is 11.1 Å². The van der Waals surface area contributed by atoms with Crippen LogP contribution in [0.4, 0.5) is 10.1 Å². The third-order valence-corrected chi connectivity index (χ3v) is 4.72. The van der Waals surface area contributed by atoms with Crippen LogP contribution in [-0.4, -0.2) is 26.2 Å². The molecule has 0 aliphatic carbocycles. The number of rotatable bonds is 5. The molecule has 136 valence electrons. The van der Waals surface area contributed by atoms with Crippen molar-refractivity contribution in [3.8, 4) is 0 Å². The van der Waals surface area contributed by atoms with Crippen LogP contribution in [0.1, 0.15) is 25.6 Å². The summed E-state index contributed by atoms with van der Waals surface area (Å²) in [6, 6.07) is 7.27. The summed E-state index contributed by atoms with van der Waals surface area (Å²) < 4.78 is 14.5. The van der Waals surface area contributed by atoms with Gasteiger partial charge in [0.2, 0.25) is 5.91 Å². The number of hydrogen-bond acceptors (Lipinski definition) is 4. The molecule has 2 heterocycles. The summed E-state index contributed by atoms with van der Waals surface area (Å²) >= 11 is 1.20. The molecule has 2 aromatic heterocycles. The number of hydrogen-bond donors (Lipinski definition) is 2. The number of H-pyrrole nitrogens is 1. The summed E-state index contributed by atoms with van der Waals surface area (Å²) in [5, 5.41) is 3.19. The number of aryl methyl sites for hydroxylation is 1. The average molecular weight is 374 g/mol. The molecule has 3 rings (SSSR count). The van der Waals surface area contributed by atoms with E-state index in [9.17, 15) is 14.0 Å². The highest BCUT2D eigenvalue weighted by molar-refractivity contribution is 7.99. The molecule has 0 radical (unpaired) electrons. The first-order valence-corrected chi connectivity index (χ1v) is 9.14. The van der Waals surface area contributed by atoms with E-state index in [0.29, 0.717) is 21.9 Å². The molecular weight excluding hydrogens is 355 g/mol. The fraction of sp³-hybridized carbons (Fsp3) is 0.278. The summed E-state index contributed by atoms with van der Waals surface area (Å²) in [6.07, 6.45) is 0. The number of benzene rings is 1. The number of fused-ring (bicyclic) bond motifs is 1.